The van der Waals surface area contributed by atoms with Crippen LogP contribution in [0.15, 0.2) is 42.7 Å². The number of hydrogen-bond acceptors (Lipinski definition) is 2. The molecule has 0 spiro atoms. The van der Waals surface area contributed by atoms with E-state index in [1.54, 1.807) is 6.20 Å². The third-order valence-electron chi connectivity index (χ3n) is 3.75. The van der Waals surface area contributed by atoms with Crippen molar-refractivity contribution in [2.45, 2.75) is 53.0 Å². The summed E-state index contributed by atoms with van der Waals surface area (Å²) in [5.41, 5.74) is 5.52. The Morgan fingerprint density at radius 2 is 1.68 bits per heavy atom. The topological polar surface area (TPSA) is 24.9 Å². The Balaban J connectivity index is 0.000000235. The first-order chi connectivity index (χ1) is 10.5. The van der Waals surface area contributed by atoms with Crippen LogP contribution in [0, 0.1) is 6.92 Å². The first kappa shape index (κ1) is 18.4. The fourth-order valence-corrected chi connectivity index (χ4v) is 2.18. The van der Waals surface area contributed by atoms with Gasteiger partial charge < -0.3 is 5.32 Å². The highest BCUT2D eigenvalue weighted by molar-refractivity contribution is 5.32. The number of nitrogens with one attached hydrogen (secondary N) is 1. The number of pyridine rings is 1. The van der Waals surface area contributed by atoms with Gasteiger partial charge in [0.15, 0.2) is 0 Å². The molecule has 0 aliphatic heterocycles. The Morgan fingerprint density at radius 3 is 2.09 bits per heavy atom. The second-order valence-electron chi connectivity index (χ2n) is 6.31. The lowest BCUT2D eigenvalue weighted by molar-refractivity contribution is 0.806. The van der Waals surface area contributed by atoms with Gasteiger partial charge in [0, 0.05) is 18.9 Å². The fourth-order valence-electron chi connectivity index (χ4n) is 2.18. The van der Waals surface area contributed by atoms with Gasteiger partial charge in [0.1, 0.15) is 0 Å². The van der Waals surface area contributed by atoms with Crippen molar-refractivity contribution in [1.82, 2.24) is 10.3 Å². The van der Waals surface area contributed by atoms with Gasteiger partial charge in [-0.2, -0.15) is 0 Å². The molecule has 0 saturated heterocycles. The predicted molar refractivity (Wildman–Crippen MR) is 96.4 cm³/mol. The lowest BCUT2D eigenvalue weighted by Gasteiger charge is -2.10. The SMILES string of the molecule is CC(C)c1cccnc1.CNCc1ccc(C(C)C)cc1C. The van der Waals surface area contributed by atoms with E-state index in [1.165, 1.54) is 22.3 Å². The molecule has 2 rings (SSSR count). The minimum Gasteiger partial charge on any atom is -0.316 e. The first-order valence-corrected chi connectivity index (χ1v) is 8.09. The summed E-state index contributed by atoms with van der Waals surface area (Å²) in [4.78, 5) is 4.01. The van der Waals surface area contributed by atoms with Crippen LogP contribution in [-0.2, 0) is 6.54 Å². The third kappa shape index (κ3) is 5.98. The molecular formula is C20H30N2. The summed E-state index contributed by atoms with van der Waals surface area (Å²) in [6.45, 7) is 11.9. The zero-order valence-electron chi connectivity index (χ0n) is 14.9. The van der Waals surface area contributed by atoms with Crippen LogP contribution in [0.5, 0.6) is 0 Å². The van der Waals surface area contributed by atoms with Gasteiger partial charge in [0.2, 0.25) is 0 Å². The van der Waals surface area contributed by atoms with Crippen LogP contribution in [0.25, 0.3) is 0 Å². The number of hydrogen-bond donors (Lipinski definition) is 1. The van der Waals surface area contributed by atoms with Gasteiger partial charge in [-0.15, -0.1) is 0 Å². The molecule has 22 heavy (non-hydrogen) atoms. The average Bonchev–Trinajstić information content (AvgIpc) is 2.51. The van der Waals surface area contributed by atoms with E-state index in [-0.39, 0.29) is 0 Å². The normalized spacial score (nSPS) is 10.5. The number of nitrogens with zero attached hydrogens (tertiary/aromatic N) is 1. The van der Waals surface area contributed by atoms with E-state index in [4.69, 9.17) is 0 Å². The molecule has 0 unspecified atom stereocenters. The smallest absolute Gasteiger partial charge is 0.0302 e. The molecule has 0 aliphatic rings. The molecule has 1 N–H and O–H groups in total. The molecule has 2 nitrogen and oxygen atoms in total. The fraction of sp³-hybridized carbons (Fsp3) is 0.450. The largest absolute Gasteiger partial charge is 0.316 e. The van der Waals surface area contributed by atoms with Crippen LogP contribution in [-0.4, -0.2) is 12.0 Å². The van der Waals surface area contributed by atoms with Crippen LogP contribution in [0.2, 0.25) is 0 Å². The Labute approximate surface area is 136 Å². The summed E-state index contributed by atoms with van der Waals surface area (Å²) >= 11 is 0. The predicted octanol–water partition coefficient (Wildman–Crippen LogP) is 5.04. The van der Waals surface area contributed by atoms with Crippen molar-refractivity contribution in [2.24, 2.45) is 0 Å². The zero-order valence-corrected chi connectivity index (χ0v) is 14.9. The second-order valence-corrected chi connectivity index (χ2v) is 6.31. The standard InChI is InChI=1S/C12H19N.C8H11N/c1-9(2)11-5-6-12(8-13-4)10(3)7-11;1-7(2)8-4-3-5-9-6-8/h5-7,9,13H,8H2,1-4H3;3-7H,1-2H3. The van der Waals surface area contributed by atoms with Crippen molar-refractivity contribution in [3.05, 3.63) is 65.0 Å². The van der Waals surface area contributed by atoms with Crippen LogP contribution in [0.4, 0.5) is 0 Å². The molecule has 1 aromatic heterocycles. The number of rotatable bonds is 4. The van der Waals surface area contributed by atoms with E-state index in [1.807, 2.05) is 19.3 Å². The molecule has 0 aliphatic carbocycles. The Kier molecular flexibility index (Phi) is 7.83. The van der Waals surface area contributed by atoms with Crippen molar-refractivity contribution in [2.75, 3.05) is 7.05 Å². The summed E-state index contributed by atoms with van der Waals surface area (Å²) in [6, 6.07) is 10.8. The van der Waals surface area contributed by atoms with E-state index in [2.05, 4.69) is 69.2 Å². The molecule has 0 saturated carbocycles. The number of aryl methyl sites for hydroxylation is 1. The number of benzene rings is 1. The average molecular weight is 298 g/mol. The van der Waals surface area contributed by atoms with Gasteiger partial charge in [-0.25, -0.2) is 0 Å². The maximum absolute atomic E-state index is 4.01. The second kappa shape index (κ2) is 9.37. The quantitative estimate of drug-likeness (QED) is 0.855. The van der Waals surface area contributed by atoms with Crippen molar-refractivity contribution in [3.63, 3.8) is 0 Å². The van der Waals surface area contributed by atoms with Crippen molar-refractivity contribution in [3.8, 4) is 0 Å². The summed E-state index contributed by atoms with van der Waals surface area (Å²) in [7, 11) is 1.98. The zero-order chi connectivity index (χ0) is 16.5. The van der Waals surface area contributed by atoms with Crippen molar-refractivity contribution < 1.29 is 0 Å². The summed E-state index contributed by atoms with van der Waals surface area (Å²) in [6.07, 6.45) is 3.70. The molecule has 0 fully saturated rings. The first-order valence-electron chi connectivity index (χ1n) is 8.09. The molecular weight excluding hydrogens is 268 g/mol. The van der Waals surface area contributed by atoms with Crippen LogP contribution >= 0.6 is 0 Å². The van der Waals surface area contributed by atoms with E-state index in [0.29, 0.717) is 11.8 Å². The highest BCUT2D eigenvalue weighted by Gasteiger charge is 2.01. The third-order valence-corrected chi connectivity index (χ3v) is 3.75. The van der Waals surface area contributed by atoms with Crippen LogP contribution < -0.4 is 5.32 Å². The highest BCUT2D eigenvalue weighted by Crippen LogP contribution is 2.18. The maximum atomic E-state index is 4.01. The minimum absolute atomic E-state index is 0.596. The van der Waals surface area contributed by atoms with E-state index >= 15 is 0 Å². The Morgan fingerprint density at radius 1 is 1.00 bits per heavy atom. The van der Waals surface area contributed by atoms with Gasteiger partial charge >= 0.3 is 0 Å². The number of aromatic nitrogens is 1. The van der Waals surface area contributed by atoms with E-state index in [9.17, 15) is 0 Å². The molecule has 2 aromatic rings. The summed E-state index contributed by atoms with van der Waals surface area (Å²) in [5.74, 6) is 1.22. The van der Waals surface area contributed by atoms with Crippen molar-refractivity contribution in [1.29, 1.82) is 0 Å². The molecule has 0 bridgehead atoms. The van der Waals surface area contributed by atoms with E-state index < -0.39 is 0 Å². The highest BCUT2D eigenvalue weighted by atomic mass is 14.8. The molecule has 120 valence electrons. The van der Waals surface area contributed by atoms with Crippen molar-refractivity contribution >= 4 is 0 Å². The molecule has 0 amide bonds. The molecule has 1 heterocycles. The molecule has 1 aromatic carbocycles. The Hall–Kier alpha value is -1.67. The van der Waals surface area contributed by atoms with Gasteiger partial charge in [-0.05, 0) is 54.1 Å². The molecule has 0 atom stereocenters. The monoisotopic (exact) mass is 298 g/mol. The lowest BCUT2D eigenvalue weighted by atomic mass is 9.98. The van der Waals surface area contributed by atoms with Gasteiger partial charge in [-0.1, -0.05) is 52.0 Å². The maximum Gasteiger partial charge on any atom is 0.0302 e. The van der Waals surface area contributed by atoms with Crippen LogP contribution in [0.3, 0.4) is 0 Å². The van der Waals surface area contributed by atoms with E-state index in [0.717, 1.165) is 6.54 Å². The van der Waals surface area contributed by atoms with Gasteiger partial charge in [0.05, 0.1) is 0 Å². The lowest BCUT2D eigenvalue weighted by Crippen LogP contribution is -2.06. The minimum atomic E-state index is 0.596. The summed E-state index contributed by atoms with van der Waals surface area (Å²) in [5, 5.41) is 3.17. The molecule has 2 heteroatoms. The summed E-state index contributed by atoms with van der Waals surface area (Å²) < 4.78 is 0. The van der Waals surface area contributed by atoms with Gasteiger partial charge in [0.25, 0.3) is 0 Å². The molecule has 0 radical (unpaired) electrons. The van der Waals surface area contributed by atoms with Gasteiger partial charge in [-0.3, -0.25) is 4.98 Å². The Bertz CT molecular complexity index is 545. The van der Waals surface area contributed by atoms with Crippen LogP contribution in [0.1, 0.15) is 61.8 Å².